The topological polar surface area (TPSA) is 34.1 Å². The minimum atomic E-state index is 0.791. The van der Waals surface area contributed by atoms with Gasteiger partial charge in [-0.25, -0.2) is 4.98 Å². The van der Waals surface area contributed by atoms with Crippen LogP contribution in [0.4, 0.5) is 10.8 Å². The van der Waals surface area contributed by atoms with Gasteiger partial charge in [0.1, 0.15) is 5.75 Å². The van der Waals surface area contributed by atoms with E-state index < -0.39 is 0 Å². The highest BCUT2D eigenvalue weighted by molar-refractivity contribution is 9.10. The van der Waals surface area contributed by atoms with Gasteiger partial charge in [0, 0.05) is 16.2 Å². The molecule has 0 bridgehead atoms. The van der Waals surface area contributed by atoms with Crippen molar-refractivity contribution in [3.63, 3.8) is 0 Å². The smallest absolute Gasteiger partial charge is 0.188 e. The Labute approximate surface area is 137 Å². The van der Waals surface area contributed by atoms with Crippen LogP contribution in [-0.2, 0) is 0 Å². The molecular weight excluding hydrogens is 404 g/mol. The summed E-state index contributed by atoms with van der Waals surface area (Å²) in [5.74, 6) is 0.791. The summed E-state index contributed by atoms with van der Waals surface area (Å²) < 4.78 is 8.40. The van der Waals surface area contributed by atoms with E-state index in [-0.39, 0.29) is 0 Å². The van der Waals surface area contributed by atoms with E-state index in [1.54, 1.807) is 18.4 Å². The molecular formula is C14H10Br2N2OS. The van der Waals surface area contributed by atoms with Crippen molar-refractivity contribution in [2.75, 3.05) is 12.4 Å². The van der Waals surface area contributed by atoms with Crippen molar-refractivity contribution < 1.29 is 4.74 Å². The van der Waals surface area contributed by atoms with Gasteiger partial charge in [0.05, 0.1) is 21.8 Å². The van der Waals surface area contributed by atoms with Gasteiger partial charge >= 0.3 is 0 Å². The molecule has 0 atom stereocenters. The first-order valence-corrected chi connectivity index (χ1v) is 8.22. The second-order valence-electron chi connectivity index (χ2n) is 4.11. The summed E-state index contributed by atoms with van der Waals surface area (Å²) in [6, 6.07) is 12.0. The van der Waals surface area contributed by atoms with E-state index in [1.165, 1.54) is 0 Å². The van der Waals surface area contributed by atoms with Crippen LogP contribution in [0.3, 0.4) is 0 Å². The van der Waals surface area contributed by atoms with Crippen LogP contribution in [0.25, 0.3) is 10.2 Å². The van der Waals surface area contributed by atoms with Gasteiger partial charge < -0.3 is 10.1 Å². The predicted molar refractivity (Wildman–Crippen MR) is 91.3 cm³/mol. The number of rotatable bonds is 3. The zero-order valence-corrected chi connectivity index (χ0v) is 14.5. The molecule has 0 fully saturated rings. The van der Waals surface area contributed by atoms with Gasteiger partial charge in [-0.15, -0.1) is 0 Å². The summed E-state index contributed by atoms with van der Waals surface area (Å²) in [5.41, 5.74) is 1.93. The SMILES string of the molecule is COc1cc(Nc2nc3cc(Br)ccc3s2)ccc1Br. The Bertz CT molecular complexity index is 773. The molecule has 3 rings (SSSR count). The fourth-order valence-electron chi connectivity index (χ4n) is 1.82. The molecule has 3 nitrogen and oxygen atoms in total. The number of aromatic nitrogens is 1. The summed E-state index contributed by atoms with van der Waals surface area (Å²) in [6.45, 7) is 0. The van der Waals surface area contributed by atoms with E-state index >= 15 is 0 Å². The number of nitrogens with zero attached hydrogens (tertiary/aromatic N) is 1. The molecule has 2 aromatic carbocycles. The van der Waals surface area contributed by atoms with Crippen LogP contribution in [0.2, 0.25) is 0 Å². The molecule has 0 saturated heterocycles. The van der Waals surface area contributed by atoms with Gasteiger partial charge in [-0.3, -0.25) is 0 Å². The molecule has 1 N–H and O–H groups in total. The maximum atomic E-state index is 5.29. The Hall–Kier alpha value is -1.11. The van der Waals surface area contributed by atoms with E-state index in [1.807, 2.05) is 30.3 Å². The summed E-state index contributed by atoms with van der Waals surface area (Å²) >= 11 is 8.52. The first-order valence-electron chi connectivity index (χ1n) is 5.82. The second kappa shape index (κ2) is 5.71. The van der Waals surface area contributed by atoms with E-state index in [4.69, 9.17) is 4.74 Å². The quantitative estimate of drug-likeness (QED) is 0.609. The molecule has 3 aromatic rings. The number of nitrogens with one attached hydrogen (secondary N) is 1. The molecule has 0 amide bonds. The summed E-state index contributed by atoms with van der Waals surface area (Å²) in [6.07, 6.45) is 0. The molecule has 6 heteroatoms. The number of benzene rings is 2. The minimum Gasteiger partial charge on any atom is -0.495 e. The lowest BCUT2D eigenvalue weighted by molar-refractivity contribution is 0.412. The van der Waals surface area contributed by atoms with E-state index in [9.17, 15) is 0 Å². The number of anilines is 2. The first-order chi connectivity index (χ1) is 9.65. The first kappa shape index (κ1) is 13.9. The number of ether oxygens (including phenoxy) is 1. The van der Waals surface area contributed by atoms with Crippen molar-refractivity contribution in [2.24, 2.45) is 0 Å². The highest BCUT2D eigenvalue weighted by Gasteiger charge is 2.06. The van der Waals surface area contributed by atoms with Crippen molar-refractivity contribution in [1.29, 1.82) is 0 Å². The van der Waals surface area contributed by atoms with Gasteiger partial charge in [0.25, 0.3) is 0 Å². The van der Waals surface area contributed by atoms with Crippen LogP contribution in [0.1, 0.15) is 0 Å². The minimum absolute atomic E-state index is 0.791. The summed E-state index contributed by atoms with van der Waals surface area (Å²) in [5, 5.41) is 4.17. The molecule has 0 saturated carbocycles. The summed E-state index contributed by atoms with van der Waals surface area (Å²) in [4.78, 5) is 4.57. The molecule has 1 heterocycles. The fraction of sp³-hybridized carbons (Fsp3) is 0.0714. The van der Waals surface area contributed by atoms with Crippen LogP contribution in [0, 0.1) is 0 Å². The fourth-order valence-corrected chi connectivity index (χ4v) is 3.44. The molecule has 0 radical (unpaired) electrons. The zero-order valence-electron chi connectivity index (χ0n) is 10.5. The highest BCUT2D eigenvalue weighted by Crippen LogP contribution is 2.33. The number of halogens is 2. The third-order valence-corrected chi connectivity index (χ3v) is 4.85. The number of fused-ring (bicyclic) bond motifs is 1. The standard InChI is InChI=1S/C14H10Br2N2OS/c1-19-12-7-9(3-4-10(12)16)17-14-18-11-6-8(15)2-5-13(11)20-14/h2-7H,1H3,(H,17,18). The lowest BCUT2D eigenvalue weighted by Gasteiger charge is -2.07. The zero-order chi connectivity index (χ0) is 14.1. The average Bonchev–Trinajstić information content (AvgIpc) is 2.82. The molecule has 0 aliphatic rings. The van der Waals surface area contributed by atoms with Gasteiger partial charge in [0.2, 0.25) is 0 Å². The van der Waals surface area contributed by atoms with Crippen molar-refractivity contribution in [3.05, 3.63) is 45.3 Å². The molecule has 0 unspecified atom stereocenters. The number of methoxy groups -OCH3 is 1. The Kier molecular flexibility index (Phi) is 3.96. The van der Waals surface area contributed by atoms with Crippen LogP contribution in [-0.4, -0.2) is 12.1 Å². The van der Waals surface area contributed by atoms with Crippen LogP contribution in [0.5, 0.6) is 5.75 Å². The molecule has 0 aliphatic heterocycles. The van der Waals surface area contributed by atoms with Crippen LogP contribution in [0.15, 0.2) is 45.3 Å². The van der Waals surface area contributed by atoms with Gasteiger partial charge in [0.15, 0.2) is 5.13 Å². The van der Waals surface area contributed by atoms with Crippen LogP contribution < -0.4 is 10.1 Å². The van der Waals surface area contributed by atoms with E-state index in [2.05, 4.69) is 48.2 Å². The third kappa shape index (κ3) is 2.82. The van der Waals surface area contributed by atoms with Gasteiger partial charge in [-0.2, -0.15) is 0 Å². The Morgan fingerprint density at radius 1 is 1.15 bits per heavy atom. The van der Waals surface area contributed by atoms with Crippen molar-refractivity contribution in [2.45, 2.75) is 0 Å². The molecule has 0 spiro atoms. The maximum Gasteiger partial charge on any atom is 0.188 e. The lowest BCUT2D eigenvalue weighted by Crippen LogP contribution is -1.91. The largest absolute Gasteiger partial charge is 0.495 e. The predicted octanol–water partition coefficient (Wildman–Crippen LogP) is 5.57. The average molecular weight is 414 g/mol. The Morgan fingerprint density at radius 2 is 2.00 bits per heavy atom. The summed E-state index contributed by atoms with van der Waals surface area (Å²) in [7, 11) is 1.65. The second-order valence-corrected chi connectivity index (χ2v) is 6.91. The number of hydrogen-bond acceptors (Lipinski definition) is 4. The van der Waals surface area contributed by atoms with Crippen molar-refractivity contribution >= 4 is 64.2 Å². The Morgan fingerprint density at radius 3 is 2.80 bits per heavy atom. The van der Waals surface area contributed by atoms with Gasteiger partial charge in [-0.1, -0.05) is 27.3 Å². The Balaban J connectivity index is 1.92. The third-order valence-electron chi connectivity index (χ3n) is 2.75. The van der Waals surface area contributed by atoms with Gasteiger partial charge in [-0.05, 0) is 46.3 Å². The monoisotopic (exact) mass is 412 g/mol. The van der Waals surface area contributed by atoms with E-state index in [0.717, 1.165) is 35.7 Å². The maximum absolute atomic E-state index is 5.29. The van der Waals surface area contributed by atoms with Crippen molar-refractivity contribution in [1.82, 2.24) is 4.98 Å². The molecule has 102 valence electrons. The van der Waals surface area contributed by atoms with E-state index in [0.29, 0.717) is 0 Å². The highest BCUT2D eigenvalue weighted by atomic mass is 79.9. The molecule has 0 aliphatic carbocycles. The lowest BCUT2D eigenvalue weighted by atomic mass is 10.3. The normalized spacial score (nSPS) is 10.8. The number of hydrogen-bond donors (Lipinski definition) is 1. The van der Waals surface area contributed by atoms with Crippen LogP contribution >= 0.6 is 43.2 Å². The number of thiazole rings is 1. The molecule has 20 heavy (non-hydrogen) atoms. The van der Waals surface area contributed by atoms with Crippen molar-refractivity contribution in [3.8, 4) is 5.75 Å². The molecule has 1 aromatic heterocycles.